The molecule has 0 aliphatic heterocycles. The summed E-state index contributed by atoms with van der Waals surface area (Å²) < 4.78 is 1.76. The van der Waals surface area contributed by atoms with Crippen LogP contribution in [-0.2, 0) is 7.05 Å². The molecule has 28 heavy (non-hydrogen) atoms. The second kappa shape index (κ2) is 7.48. The number of nitrogen functional groups attached to an aromatic ring is 1. The number of aromatic nitrogens is 5. The molecule has 0 fully saturated rings. The van der Waals surface area contributed by atoms with Gasteiger partial charge in [-0.25, -0.2) is 4.68 Å². The van der Waals surface area contributed by atoms with Crippen LogP contribution in [0.5, 0.6) is 0 Å². The first kappa shape index (κ1) is 17.7. The molecule has 7 nitrogen and oxygen atoms in total. The first-order valence-electron chi connectivity index (χ1n) is 8.98. The van der Waals surface area contributed by atoms with Crippen LogP contribution in [0.25, 0.3) is 11.3 Å². The number of nitrogens with one attached hydrogen (secondary N) is 1. The van der Waals surface area contributed by atoms with Crippen LogP contribution >= 0.6 is 0 Å². The van der Waals surface area contributed by atoms with E-state index in [0.29, 0.717) is 5.69 Å². The number of hydrogen-bond acceptors (Lipinski definition) is 6. The Morgan fingerprint density at radius 2 is 1.64 bits per heavy atom. The van der Waals surface area contributed by atoms with Crippen LogP contribution < -0.4 is 11.1 Å². The maximum Gasteiger partial charge on any atom is 0.111 e. The number of nitrogens with two attached hydrogens (primary N) is 1. The number of hydrogen-bond donors (Lipinski definition) is 2. The maximum atomic E-state index is 6.28. The van der Waals surface area contributed by atoms with Gasteiger partial charge in [0, 0.05) is 25.0 Å². The predicted molar refractivity (Wildman–Crippen MR) is 110 cm³/mol. The van der Waals surface area contributed by atoms with Crippen molar-refractivity contribution in [3.05, 3.63) is 84.1 Å². The fourth-order valence-corrected chi connectivity index (χ4v) is 3.23. The molecule has 0 saturated heterocycles. The average Bonchev–Trinajstić information content (AvgIpc) is 3.07. The van der Waals surface area contributed by atoms with Crippen molar-refractivity contribution < 1.29 is 0 Å². The molecular formula is C21H21N7. The minimum absolute atomic E-state index is 0.231. The summed E-state index contributed by atoms with van der Waals surface area (Å²) in [4.78, 5) is 9.03. The standard InChI is InChI=1S/C21H21N7/c1-14-21(28(2)27-26-14)15-9-10-16(22)19(13-15)25-20(17-7-3-5-11-23-17)18-8-4-6-12-24-18/h3-13,20,25H,22H2,1-2H3. The van der Waals surface area contributed by atoms with Gasteiger partial charge in [0.15, 0.2) is 0 Å². The zero-order valence-electron chi connectivity index (χ0n) is 15.7. The fourth-order valence-electron chi connectivity index (χ4n) is 3.23. The van der Waals surface area contributed by atoms with E-state index in [1.165, 1.54) is 0 Å². The van der Waals surface area contributed by atoms with Gasteiger partial charge in [0.05, 0.1) is 34.2 Å². The Balaban J connectivity index is 1.76. The molecule has 7 heteroatoms. The Bertz CT molecular complexity index is 1020. The quantitative estimate of drug-likeness (QED) is 0.522. The maximum absolute atomic E-state index is 6.28. The molecular weight excluding hydrogens is 350 g/mol. The summed E-state index contributed by atoms with van der Waals surface area (Å²) in [6.07, 6.45) is 3.55. The van der Waals surface area contributed by atoms with E-state index in [2.05, 4.69) is 25.6 Å². The van der Waals surface area contributed by atoms with Gasteiger partial charge in [0.2, 0.25) is 0 Å². The van der Waals surface area contributed by atoms with E-state index >= 15 is 0 Å². The molecule has 0 atom stereocenters. The van der Waals surface area contributed by atoms with E-state index < -0.39 is 0 Å². The van der Waals surface area contributed by atoms with Crippen molar-refractivity contribution in [2.45, 2.75) is 13.0 Å². The second-order valence-electron chi connectivity index (χ2n) is 6.54. The van der Waals surface area contributed by atoms with Crippen molar-refractivity contribution in [1.82, 2.24) is 25.0 Å². The van der Waals surface area contributed by atoms with Crippen LogP contribution in [0.1, 0.15) is 23.1 Å². The summed E-state index contributed by atoms with van der Waals surface area (Å²) in [5, 5.41) is 11.8. The molecule has 1 aromatic carbocycles. The molecule has 0 unspecified atom stereocenters. The number of rotatable bonds is 5. The van der Waals surface area contributed by atoms with Crippen molar-refractivity contribution in [3.8, 4) is 11.3 Å². The van der Waals surface area contributed by atoms with Crippen LogP contribution in [0.15, 0.2) is 67.0 Å². The van der Waals surface area contributed by atoms with Crippen molar-refractivity contribution in [1.29, 1.82) is 0 Å². The Hall–Kier alpha value is -3.74. The lowest BCUT2D eigenvalue weighted by molar-refractivity contribution is 0.719. The first-order valence-corrected chi connectivity index (χ1v) is 8.98. The Labute approximate surface area is 163 Å². The van der Waals surface area contributed by atoms with Gasteiger partial charge in [-0.1, -0.05) is 23.4 Å². The molecule has 0 saturated carbocycles. The van der Waals surface area contributed by atoms with Crippen LogP contribution in [0.4, 0.5) is 11.4 Å². The number of pyridine rings is 2. The summed E-state index contributed by atoms with van der Waals surface area (Å²) in [6, 6.07) is 17.3. The van der Waals surface area contributed by atoms with Crippen molar-refractivity contribution in [3.63, 3.8) is 0 Å². The lowest BCUT2D eigenvalue weighted by Gasteiger charge is -2.21. The Kier molecular flexibility index (Phi) is 4.72. The van der Waals surface area contributed by atoms with E-state index in [9.17, 15) is 0 Å². The third-order valence-corrected chi connectivity index (χ3v) is 4.59. The highest BCUT2D eigenvalue weighted by atomic mass is 15.4. The van der Waals surface area contributed by atoms with Gasteiger partial charge in [-0.2, -0.15) is 0 Å². The highest BCUT2D eigenvalue weighted by Gasteiger charge is 2.19. The first-order chi connectivity index (χ1) is 13.6. The number of aryl methyl sites for hydroxylation is 2. The summed E-state index contributed by atoms with van der Waals surface area (Å²) in [6.45, 7) is 1.94. The van der Waals surface area contributed by atoms with Gasteiger partial charge < -0.3 is 11.1 Å². The normalized spacial score (nSPS) is 11.0. The van der Waals surface area contributed by atoms with Crippen LogP contribution in [0.2, 0.25) is 0 Å². The summed E-state index contributed by atoms with van der Waals surface area (Å²) in [5.74, 6) is 0. The lowest BCUT2D eigenvalue weighted by Crippen LogP contribution is -2.16. The van der Waals surface area contributed by atoms with Crippen molar-refractivity contribution in [2.24, 2.45) is 7.05 Å². The molecule has 4 rings (SSSR count). The van der Waals surface area contributed by atoms with E-state index in [4.69, 9.17) is 5.73 Å². The molecule has 140 valence electrons. The van der Waals surface area contributed by atoms with Crippen LogP contribution in [0.3, 0.4) is 0 Å². The molecule has 0 spiro atoms. The summed E-state index contributed by atoms with van der Waals surface area (Å²) in [7, 11) is 1.88. The lowest BCUT2D eigenvalue weighted by atomic mass is 10.1. The van der Waals surface area contributed by atoms with Gasteiger partial charge in [-0.05, 0) is 43.3 Å². The minimum Gasteiger partial charge on any atom is -0.397 e. The predicted octanol–water partition coefficient (Wildman–Crippen LogP) is 3.36. The zero-order chi connectivity index (χ0) is 19.5. The van der Waals surface area contributed by atoms with Gasteiger partial charge in [-0.15, -0.1) is 5.10 Å². The van der Waals surface area contributed by atoms with Gasteiger partial charge in [0.1, 0.15) is 6.04 Å². The third kappa shape index (κ3) is 3.42. The molecule has 0 amide bonds. The highest BCUT2D eigenvalue weighted by molar-refractivity contribution is 5.76. The molecule has 4 aromatic rings. The van der Waals surface area contributed by atoms with Gasteiger partial charge >= 0.3 is 0 Å². The third-order valence-electron chi connectivity index (χ3n) is 4.59. The van der Waals surface area contributed by atoms with Gasteiger partial charge in [0.25, 0.3) is 0 Å². The van der Waals surface area contributed by atoms with Crippen LogP contribution in [-0.4, -0.2) is 25.0 Å². The second-order valence-corrected chi connectivity index (χ2v) is 6.54. The van der Waals surface area contributed by atoms with E-state index in [-0.39, 0.29) is 6.04 Å². The van der Waals surface area contributed by atoms with Gasteiger partial charge in [-0.3, -0.25) is 9.97 Å². The van der Waals surface area contributed by atoms with E-state index in [0.717, 1.165) is 34.0 Å². The zero-order valence-corrected chi connectivity index (χ0v) is 15.7. The van der Waals surface area contributed by atoms with Crippen LogP contribution in [0, 0.1) is 6.92 Å². The summed E-state index contributed by atoms with van der Waals surface area (Å²) >= 11 is 0. The molecule has 0 radical (unpaired) electrons. The highest BCUT2D eigenvalue weighted by Crippen LogP contribution is 2.32. The van der Waals surface area contributed by atoms with Crippen molar-refractivity contribution >= 4 is 11.4 Å². The van der Waals surface area contributed by atoms with Crippen molar-refractivity contribution in [2.75, 3.05) is 11.1 Å². The minimum atomic E-state index is -0.231. The number of nitrogens with zero attached hydrogens (tertiary/aromatic N) is 5. The Morgan fingerprint density at radius 3 is 2.18 bits per heavy atom. The molecule has 0 aliphatic carbocycles. The fraction of sp³-hybridized carbons (Fsp3) is 0.143. The smallest absolute Gasteiger partial charge is 0.111 e. The largest absolute Gasteiger partial charge is 0.397 e. The molecule has 3 aromatic heterocycles. The molecule has 0 aliphatic rings. The molecule has 0 bridgehead atoms. The molecule has 3 heterocycles. The number of benzene rings is 1. The molecule has 3 N–H and O–H groups in total. The van der Waals surface area contributed by atoms with E-state index in [1.807, 2.05) is 68.6 Å². The monoisotopic (exact) mass is 371 g/mol. The Morgan fingerprint density at radius 1 is 0.964 bits per heavy atom. The SMILES string of the molecule is Cc1nnn(C)c1-c1ccc(N)c(NC(c2ccccn2)c2ccccn2)c1. The van der Waals surface area contributed by atoms with E-state index in [1.54, 1.807) is 17.1 Å². The summed E-state index contributed by atoms with van der Waals surface area (Å²) in [5.41, 5.74) is 12.3. The number of anilines is 2. The topological polar surface area (TPSA) is 94.5 Å². The average molecular weight is 371 g/mol.